The minimum absolute atomic E-state index is 0.176. The number of benzene rings is 2. The van der Waals surface area contributed by atoms with E-state index in [1.807, 2.05) is 24.3 Å². The number of carboxylic acids is 1. The lowest BCUT2D eigenvalue weighted by Crippen LogP contribution is -1.99. The highest BCUT2D eigenvalue weighted by Gasteiger charge is 2.09. The molecule has 0 saturated heterocycles. The number of carboxylic acid groups (broad SMARTS) is 1. The van der Waals surface area contributed by atoms with Gasteiger partial charge in [-0.3, -0.25) is 0 Å². The van der Waals surface area contributed by atoms with Crippen LogP contribution in [0.4, 0.5) is 0 Å². The minimum Gasteiger partial charge on any atom is -0.507 e. The van der Waals surface area contributed by atoms with Gasteiger partial charge in [0.15, 0.2) is 0 Å². The highest BCUT2D eigenvalue weighted by Crippen LogP contribution is 2.21. The average molecular weight is 291 g/mol. The maximum absolute atomic E-state index is 11.3. The maximum Gasteiger partial charge on any atom is 0.337 e. The van der Waals surface area contributed by atoms with Crippen LogP contribution in [0.1, 0.15) is 21.6 Å². The number of para-hydroxylation sites is 2. The lowest BCUT2D eigenvalue weighted by atomic mass is 10.1. The van der Waals surface area contributed by atoms with Crippen molar-refractivity contribution in [2.24, 2.45) is 0 Å². The number of rotatable bonds is 3. The molecule has 3 aromatic rings. The van der Waals surface area contributed by atoms with E-state index < -0.39 is 5.97 Å². The molecule has 0 unspecified atom stereocenters. The molecule has 0 spiro atoms. The van der Waals surface area contributed by atoms with E-state index >= 15 is 0 Å². The normalized spacial score (nSPS) is 11.1. The Morgan fingerprint density at radius 3 is 2.55 bits per heavy atom. The van der Waals surface area contributed by atoms with Crippen LogP contribution in [0.5, 0.6) is 5.75 Å². The molecular weight excluding hydrogens is 278 g/mol. The van der Waals surface area contributed by atoms with Crippen molar-refractivity contribution in [2.75, 3.05) is 0 Å². The van der Waals surface area contributed by atoms with Crippen LogP contribution in [0.25, 0.3) is 23.1 Å². The molecule has 4 nitrogen and oxygen atoms in total. The molecule has 0 bridgehead atoms. The summed E-state index contributed by atoms with van der Waals surface area (Å²) in [4.78, 5) is 15.7. The number of fused-ring (bicyclic) bond motifs is 1. The first kappa shape index (κ1) is 13.8. The number of phenolic OH excluding ortho intramolecular Hbond substituents is 1. The van der Waals surface area contributed by atoms with Crippen molar-refractivity contribution in [3.63, 3.8) is 0 Å². The molecule has 0 aliphatic heterocycles. The van der Waals surface area contributed by atoms with Crippen LogP contribution in [-0.4, -0.2) is 21.2 Å². The Kier molecular flexibility index (Phi) is 3.58. The van der Waals surface area contributed by atoms with E-state index in [0.717, 1.165) is 5.39 Å². The van der Waals surface area contributed by atoms with Crippen LogP contribution in [0.3, 0.4) is 0 Å². The van der Waals surface area contributed by atoms with Gasteiger partial charge in [-0.05, 0) is 30.4 Å². The van der Waals surface area contributed by atoms with Crippen molar-refractivity contribution in [3.8, 4) is 5.75 Å². The summed E-state index contributed by atoms with van der Waals surface area (Å²) in [5, 5.41) is 19.7. The topological polar surface area (TPSA) is 70.4 Å². The summed E-state index contributed by atoms with van der Waals surface area (Å²) in [5.74, 6) is -0.814. The van der Waals surface area contributed by atoms with E-state index in [1.165, 1.54) is 6.07 Å². The van der Waals surface area contributed by atoms with Crippen molar-refractivity contribution >= 4 is 29.0 Å². The molecule has 3 rings (SSSR count). The van der Waals surface area contributed by atoms with Crippen molar-refractivity contribution in [1.29, 1.82) is 0 Å². The van der Waals surface area contributed by atoms with E-state index in [9.17, 15) is 15.0 Å². The number of hydrogen-bond acceptors (Lipinski definition) is 3. The molecule has 22 heavy (non-hydrogen) atoms. The average Bonchev–Trinajstić information content (AvgIpc) is 2.53. The van der Waals surface area contributed by atoms with Gasteiger partial charge in [0.1, 0.15) is 5.75 Å². The fourth-order valence-electron chi connectivity index (χ4n) is 2.23. The van der Waals surface area contributed by atoms with Crippen molar-refractivity contribution in [1.82, 2.24) is 4.98 Å². The van der Waals surface area contributed by atoms with Crippen LogP contribution >= 0.6 is 0 Å². The van der Waals surface area contributed by atoms with E-state index in [-0.39, 0.29) is 11.3 Å². The van der Waals surface area contributed by atoms with Gasteiger partial charge in [-0.15, -0.1) is 0 Å². The van der Waals surface area contributed by atoms with Crippen LogP contribution in [0.2, 0.25) is 0 Å². The summed E-state index contributed by atoms with van der Waals surface area (Å²) in [6.45, 7) is 0. The number of phenols is 1. The van der Waals surface area contributed by atoms with Gasteiger partial charge >= 0.3 is 5.97 Å². The third-order valence-electron chi connectivity index (χ3n) is 3.34. The molecule has 0 saturated carbocycles. The Bertz CT molecular complexity index is 884. The van der Waals surface area contributed by atoms with Crippen molar-refractivity contribution < 1.29 is 15.0 Å². The van der Waals surface area contributed by atoms with E-state index in [1.54, 1.807) is 36.4 Å². The predicted molar refractivity (Wildman–Crippen MR) is 85.7 cm³/mol. The molecule has 108 valence electrons. The summed E-state index contributed by atoms with van der Waals surface area (Å²) in [7, 11) is 0. The number of pyridine rings is 1. The Balaban J connectivity index is 2.04. The van der Waals surface area contributed by atoms with Gasteiger partial charge in [-0.25, -0.2) is 9.78 Å². The highest BCUT2D eigenvalue weighted by atomic mass is 16.4. The van der Waals surface area contributed by atoms with Gasteiger partial charge in [-0.2, -0.15) is 0 Å². The number of carbonyl (C=O) groups is 1. The van der Waals surface area contributed by atoms with E-state index in [2.05, 4.69) is 4.98 Å². The zero-order valence-electron chi connectivity index (χ0n) is 11.6. The van der Waals surface area contributed by atoms with Crippen molar-refractivity contribution in [3.05, 3.63) is 71.4 Å². The molecule has 0 fully saturated rings. The molecule has 0 radical (unpaired) electrons. The molecule has 1 aromatic heterocycles. The van der Waals surface area contributed by atoms with Crippen LogP contribution in [-0.2, 0) is 0 Å². The third-order valence-corrected chi connectivity index (χ3v) is 3.34. The monoisotopic (exact) mass is 291 g/mol. The fourth-order valence-corrected chi connectivity index (χ4v) is 2.23. The van der Waals surface area contributed by atoms with Gasteiger partial charge in [0, 0.05) is 10.9 Å². The molecule has 1 heterocycles. The summed E-state index contributed by atoms with van der Waals surface area (Å²) in [5.41, 5.74) is 1.94. The molecule has 2 aromatic carbocycles. The van der Waals surface area contributed by atoms with Crippen LogP contribution < -0.4 is 0 Å². The first-order chi connectivity index (χ1) is 10.6. The smallest absolute Gasteiger partial charge is 0.337 e. The second-order valence-corrected chi connectivity index (χ2v) is 4.81. The maximum atomic E-state index is 11.3. The fraction of sp³-hybridized carbons (Fsp3) is 0. The molecule has 0 aliphatic carbocycles. The zero-order chi connectivity index (χ0) is 15.5. The summed E-state index contributed by atoms with van der Waals surface area (Å²) < 4.78 is 0. The molecule has 2 N–H and O–H groups in total. The first-order valence-electron chi connectivity index (χ1n) is 6.74. The lowest BCUT2D eigenvalue weighted by Gasteiger charge is -2.03. The molecule has 0 amide bonds. The lowest BCUT2D eigenvalue weighted by molar-refractivity contribution is 0.0699. The Hall–Kier alpha value is -3.14. The molecule has 4 heteroatoms. The summed E-state index contributed by atoms with van der Waals surface area (Å²) >= 11 is 0. The second kappa shape index (κ2) is 5.69. The SMILES string of the molecule is O=C(O)c1cccc2ccc(/C=C/c3ccccc3O)nc12. The predicted octanol–water partition coefficient (Wildman–Crippen LogP) is 3.81. The quantitative estimate of drug-likeness (QED) is 0.769. The van der Waals surface area contributed by atoms with Gasteiger partial charge in [0.2, 0.25) is 0 Å². The minimum atomic E-state index is -1.00. The number of aromatic hydroxyl groups is 1. The largest absolute Gasteiger partial charge is 0.507 e. The summed E-state index contributed by atoms with van der Waals surface area (Å²) in [6, 6.07) is 15.7. The van der Waals surface area contributed by atoms with Crippen LogP contribution in [0.15, 0.2) is 54.6 Å². The second-order valence-electron chi connectivity index (χ2n) is 4.81. The standard InChI is InChI=1S/C18H13NO3/c20-16-7-2-1-4-12(16)8-10-14-11-9-13-5-3-6-15(18(21)22)17(13)19-14/h1-11,20H,(H,21,22)/b10-8+. The van der Waals surface area contributed by atoms with E-state index in [0.29, 0.717) is 16.8 Å². The Labute approximate surface area is 127 Å². The van der Waals surface area contributed by atoms with Gasteiger partial charge in [0.05, 0.1) is 16.8 Å². The zero-order valence-corrected chi connectivity index (χ0v) is 11.6. The van der Waals surface area contributed by atoms with Crippen LogP contribution in [0, 0.1) is 0 Å². The highest BCUT2D eigenvalue weighted by molar-refractivity contribution is 6.02. The number of hydrogen-bond donors (Lipinski definition) is 2. The molecular formula is C18H13NO3. The third kappa shape index (κ3) is 2.67. The summed E-state index contributed by atoms with van der Waals surface area (Å²) in [6.07, 6.45) is 3.49. The Morgan fingerprint density at radius 2 is 1.77 bits per heavy atom. The van der Waals surface area contributed by atoms with Gasteiger partial charge in [-0.1, -0.05) is 36.4 Å². The van der Waals surface area contributed by atoms with E-state index in [4.69, 9.17) is 0 Å². The number of aromatic nitrogens is 1. The molecule has 0 aliphatic rings. The Morgan fingerprint density at radius 1 is 0.955 bits per heavy atom. The van der Waals surface area contributed by atoms with Gasteiger partial charge in [0.25, 0.3) is 0 Å². The number of aromatic carboxylic acids is 1. The first-order valence-corrected chi connectivity index (χ1v) is 6.74. The van der Waals surface area contributed by atoms with Gasteiger partial charge < -0.3 is 10.2 Å². The van der Waals surface area contributed by atoms with Crippen molar-refractivity contribution in [2.45, 2.75) is 0 Å². The number of nitrogens with zero attached hydrogens (tertiary/aromatic N) is 1. The molecule has 0 atom stereocenters.